The van der Waals surface area contributed by atoms with E-state index < -0.39 is 0 Å². The van der Waals surface area contributed by atoms with Crippen molar-refractivity contribution in [3.05, 3.63) is 0 Å². The minimum absolute atomic E-state index is 0. The Labute approximate surface area is 170 Å². The van der Waals surface area contributed by atoms with E-state index in [1.54, 1.807) is 7.11 Å². The first-order chi connectivity index (χ1) is 11.7. The molecule has 1 unspecified atom stereocenters. The number of aliphatic imine (C=N–C) groups is 1. The van der Waals surface area contributed by atoms with Crippen LogP contribution in [-0.4, -0.2) is 88.5 Å². The quantitative estimate of drug-likeness (QED) is 0.218. The summed E-state index contributed by atoms with van der Waals surface area (Å²) in [5.74, 6) is 1.82. The van der Waals surface area contributed by atoms with Crippen LogP contribution in [0.4, 0.5) is 0 Å². The zero-order valence-corrected chi connectivity index (χ0v) is 18.5. The first-order valence-electron chi connectivity index (χ1n) is 9.54. The smallest absolute Gasteiger partial charge is 0.193 e. The van der Waals surface area contributed by atoms with Crippen molar-refractivity contribution in [2.45, 2.75) is 38.6 Å². The van der Waals surface area contributed by atoms with Crippen molar-refractivity contribution in [3.63, 3.8) is 0 Å². The van der Waals surface area contributed by atoms with Gasteiger partial charge in [0.25, 0.3) is 0 Å². The van der Waals surface area contributed by atoms with Crippen LogP contribution in [0.3, 0.4) is 0 Å². The molecular weight excluding hydrogens is 431 g/mol. The van der Waals surface area contributed by atoms with Crippen molar-refractivity contribution in [1.82, 2.24) is 15.1 Å². The maximum atomic E-state index is 5.75. The third-order valence-electron chi connectivity index (χ3n) is 4.85. The molecule has 25 heavy (non-hydrogen) atoms. The Morgan fingerprint density at radius 2 is 2.08 bits per heavy atom. The second kappa shape index (κ2) is 13.1. The van der Waals surface area contributed by atoms with E-state index in [1.165, 1.54) is 32.2 Å². The highest BCUT2D eigenvalue weighted by Crippen LogP contribution is 2.28. The lowest BCUT2D eigenvalue weighted by Crippen LogP contribution is -2.42. The van der Waals surface area contributed by atoms with E-state index in [2.05, 4.69) is 29.1 Å². The third kappa shape index (κ3) is 8.88. The van der Waals surface area contributed by atoms with Gasteiger partial charge in [0.2, 0.25) is 0 Å². The topological polar surface area (TPSA) is 49.3 Å². The zero-order chi connectivity index (χ0) is 17.2. The molecule has 0 amide bonds. The molecule has 1 atom stereocenters. The number of likely N-dealkylation sites (N-methyl/N-ethyl adjacent to an activating group) is 1. The van der Waals surface area contributed by atoms with Gasteiger partial charge in [-0.25, -0.2) is 0 Å². The normalized spacial score (nSPS) is 21.2. The van der Waals surface area contributed by atoms with Crippen LogP contribution in [0.15, 0.2) is 4.99 Å². The average molecular weight is 468 g/mol. The molecule has 1 N–H and O–H groups in total. The van der Waals surface area contributed by atoms with E-state index in [0.717, 1.165) is 57.9 Å². The lowest BCUT2D eigenvalue weighted by Gasteiger charge is -2.25. The van der Waals surface area contributed by atoms with Crippen molar-refractivity contribution in [2.24, 2.45) is 10.9 Å². The van der Waals surface area contributed by atoms with Gasteiger partial charge in [-0.3, -0.25) is 9.89 Å². The highest BCUT2D eigenvalue weighted by Gasteiger charge is 2.24. The Hall–Kier alpha value is -0.120. The van der Waals surface area contributed by atoms with Crippen molar-refractivity contribution in [2.75, 3.05) is 66.7 Å². The first kappa shape index (κ1) is 22.9. The van der Waals surface area contributed by atoms with Crippen LogP contribution in [0.1, 0.15) is 32.6 Å². The summed E-state index contributed by atoms with van der Waals surface area (Å²) in [7, 11) is 3.87. The third-order valence-corrected chi connectivity index (χ3v) is 4.85. The molecule has 0 radical (unpaired) electrons. The summed E-state index contributed by atoms with van der Waals surface area (Å²) >= 11 is 0. The van der Waals surface area contributed by atoms with Crippen LogP contribution >= 0.6 is 24.0 Å². The number of halogens is 1. The van der Waals surface area contributed by atoms with Crippen molar-refractivity contribution in [3.8, 4) is 0 Å². The Kier molecular flexibility index (Phi) is 12.0. The fourth-order valence-corrected chi connectivity index (χ4v) is 3.11. The van der Waals surface area contributed by atoms with Crippen LogP contribution in [0.5, 0.6) is 0 Å². The molecule has 0 aromatic heterocycles. The summed E-state index contributed by atoms with van der Waals surface area (Å²) < 4.78 is 11.0. The monoisotopic (exact) mass is 468 g/mol. The predicted octanol–water partition coefficient (Wildman–Crippen LogP) is 2.04. The molecule has 7 heteroatoms. The van der Waals surface area contributed by atoms with Crippen LogP contribution in [-0.2, 0) is 9.47 Å². The molecule has 2 fully saturated rings. The van der Waals surface area contributed by atoms with Gasteiger partial charge in [-0.2, -0.15) is 0 Å². The number of guanidine groups is 1. The van der Waals surface area contributed by atoms with Crippen molar-refractivity contribution < 1.29 is 9.47 Å². The summed E-state index contributed by atoms with van der Waals surface area (Å²) in [6.07, 6.45) is 5.20. The molecule has 0 aromatic carbocycles. The highest BCUT2D eigenvalue weighted by molar-refractivity contribution is 14.0. The Balaban J connectivity index is 0.00000312. The van der Waals surface area contributed by atoms with Crippen LogP contribution < -0.4 is 5.32 Å². The first-order valence-corrected chi connectivity index (χ1v) is 9.54. The summed E-state index contributed by atoms with van der Waals surface area (Å²) in [5.41, 5.74) is 0. The zero-order valence-electron chi connectivity index (χ0n) is 16.2. The minimum Gasteiger partial charge on any atom is -0.383 e. The standard InChI is InChI=1S/C18H36N4O2.HI/c1-4-19-18(21(2)10-13-24-15-16-7-8-16)20-14-17-6-5-9-22(17)11-12-23-3;/h16-17H,4-15H2,1-3H3,(H,19,20);1H. The van der Waals surface area contributed by atoms with Gasteiger partial charge in [-0.05, 0) is 45.1 Å². The number of methoxy groups -OCH3 is 1. The summed E-state index contributed by atoms with van der Waals surface area (Å²) in [4.78, 5) is 9.57. The molecule has 148 valence electrons. The maximum Gasteiger partial charge on any atom is 0.193 e. The van der Waals surface area contributed by atoms with Crippen molar-refractivity contribution in [1.29, 1.82) is 0 Å². The molecule has 0 aromatic rings. The second-order valence-corrected chi connectivity index (χ2v) is 6.96. The molecule has 2 rings (SSSR count). The van der Waals surface area contributed by atoms with E-state index in [0.29, 0.717) is 6.04 Å². The van der Waals surface area contributed by atoms with Gasteiger partial charge < -0.3 is 19.7 Å². The summed E-state index contributed by atoms with van der Waals surface area (Å²) in [6, 6.07) is 0.549. The lowest BCUT2D eigenvalue weighted by molar-refractivity contribution is 0.115. The van der Waals surface area contributed by atoms with E-state index >= 15 is 0 Å². The maximum absolute atomic E-state index is 5.75. The summed E-state index contributed by atoms with van der Waals surface area (Å²) in [6.45, 7) is 9.45. The van der Waals surface area contributed by atoms with Crippen LogP contribution in [0.2, 0.25) is 0 Å². The van der Waals surface area contributed by atoms with Gasteiger partial charge in [-0.1, -0.05) is 0 Å². The number of hydrogen-bond donors (Lipinski definition) is 1. The molecule has 1 heterocycles. The Morgan fingerprint density at radius 3 is 2.76 bits per heavy atom. The Morgan fingerprint density at radius 1 is 1.28 bits per heavy atom. The van der Waals surface area contributed by atoms with Crippen LogP contribution in [0, 0.1) is 5.92 Å². The molecule has 1 saturated heterocycles. The lowest BCUT2D eigenvalue weighted by atomic mass is 10.2. The number of nitrogens with zero attached hydrogens (tertiary/aromatic N) is 3. The molecule has 1 aliphatic heterocycles. The predicted molar refractivity (Wildman–Crippen MR) is 114 cm³/mol. The molecule has 0 spiro atoms. The number of ether oxygens (including phenoxy) is 2. The number of likely N-dealkylation sites (tertiary alicyclic amines) is 1. The number of rotatable bonds is 11. The Bertz CT molecular complexity index is 380. The summed E-state index contributed by atoms with van der Waals surface area (Å²) in [5, 5.41) is 3.40. The largest absolute Gasteiger partial charge is 0.383 e. The van der Waals surface area contributed by atoms with Gasteiger partial charge in [0.05, 0.1) is 19.8 Å². The molecule has 1 aliphatic carbocycles. The van der Waals surface area contributed by atoms with Gasteiger partial charge in [0.1, 0.15) is 0 Å². The highest BCUT2D eigenvalue weighted by atomic mass is 127. The van der Waals surface area contributed by atoms with Gasteiger partial charge in [-0.15, -0.1) is 24.0 Å². The van der Waals surface area contributed by atoms with E-state index in [9.17, 15) is 0 Å². The fraction of sp³-hybridized carbons (Fsp3) is 0.944. The molecule has 0 bridgehead atoms. The number of nitrogens with one attached hydrogen (secondary N) is 1. The molecule has 1 saturated carbocycles. The fourth-order valence-electron chi connectivity index (χ4n) is 3.11. The van der Waals surface area contributed by atoms with Crippen molar-refractivity contribution >= 4 is 29.9 Å². The van der Waals surface area contributed by atoms with Gasteiger partial charge in [0, 0.05) is 46.4 Å². The molecule has 2 aliphatic rings. The van der Waals surface area contributed by atoms with E-state index in [-0.39, 0.29) is 24.0 Å². The van der Waals surface area contributed by atoms with Crippen LogP contribution in [0.25, 0.3) is 0 Å². The minimum atomic E-state index is 0. The second-order valence-electron chi connectivity index (χ2n) is 6.96. The SMILES string of the molecule is CCNC(=NCC1CCCN1CCOC)N(C)CCOCC1CC1.I. The van der Waals surface area contributed by atoms with Gasteiger partial charge >= 0.3 is 0 Å². The molecule has 6 nitrogen and oxygen atoms in total. The molecular formula is C18H37IN4O2. The average Bonchev–Trinajstić information content (AvgIpc) is 3.31. The number of hydrogen-bond acceptors (Lipinski definition) is 4. The van der Waals surface area contributed by atoms with Gasteiger partial charge in [0.15, 0.2) is 5.96 Å². The van der Waals surface area contributed by atoms with E-state index in [1.807, 2.05) is 0 Å². The van der Waals surface area contributed by atoms with E-state index in [4.69, 9.17) is 14.5 Å².